The van der Waals surface area contributed by atoms with Gasteiger partial charge in [-0.1, -0.05) is 18.2 Å². The van der Waals surface area contributed by atoms with Gasteiger partial charge in [0, 0.05) is 16.6 Å². The number of carbonyl (C=O) groups is 1. The highest BCUT2D eigenvalue weighted by Gasteiger charge is 2.27. The lowest BCUT2D eigenvalue weighted by Gasteiger charge is -2.19. The quantitative estimate of drug-likeness (QED) is 0.750. The minimum atomic E-state index is -0.215. The Balaban J connectivity index is 2.25. The van der Waals surface area contributed by atoms with E-state index in [0.29, 0.717) is 0 Å². The number of nitrogens with one attached hydrogen (secondary N) is 1. The molecule has 2 aromatic rings. The van der Waals surface area contributed by atoms with Crippen LogP contribution >= 0.6 is 0 Å². The Labute approximate surface area is 93.6 Å². The van der Waals surface area contributed by atoms with Crippen LogP contribution in [0.15, 0.2) is 24.3 Å². The van der Waals surface area contributed by atoms with E-state index in [4.69, 9.17) is 5.73 Å². The maximum absolute atomic E-state index is 11.4. The number of primary amides is 1. The molecule has 1 amide bonds. The molecule has 0 spiro atoms. The first-order chi connectivity index (χ1) is 7.77. The van der Waals surface area contributed by atoms with Crippen LogP contribution in [0.2, 0.25) is 0 Å². The molecule has 1 heterocycles. The van der Waals surface area contributed by atoms with Gasteiger partial charge in [-0.05, 0) is 30.9 Å². The number of nitrogens with two attached hydrogens (primary N) is 1. The van der Waals surface area contributed by atoms with E-state index in [1.165, 1.54) is 10.9 Å². The van der Waals surface area contributed by atoms with E-state index in [0.717, 1.165) is 30.5 Å². The monoisotopic (exact) mass is 214 g/mol. The summed E-state index contributed by atoms with van der Waals surface area (Å²) in [6.45, 7) is 0. The van der Waals surface area contributed by atoms with Crippen molar-refractivity contribution in [3.05, 3.63) is 35.5 Å². The maximum atomic E-state index is 11.4. The Kier molecular flexibility index (Phi) is 1.99. The van der Waals surface area contributed by atoms with Crippen LogP contribution in [0, 0.1) is 0 Å². The predicted molar refractivity (Wildman–Crippen MR) is 63.2 cm³/mol. The Morgan fingerprint density at radius 2 is 2.19 bits per heavy atom. The van der Waals surface area contributed by atoms with Gasteiger partial charge in [-0.2, -0.15) is 0 Å². The van der Waals surface area contributed by atoms with Crippen molar-refractivity contribution >= 4 is 16.8 Å². The van der Waals surface area contributed by atoms with Crippen LogP contribution in [0.5, 0.6) is 0 Å². The lowest BCUT2D eigenvalue weighted by molar-refractivity contribution is -0.119. The molecule has 0 saturated heterocycles. The second-order valence-electron chi connectivity index (χ2n) is 4.41. The molecular weight excluding hydrogens is 200 g/mol. The fourth-order valence-electron chi connectivity index (χ4n) is 2.70. The minimum absolute atomic E-state index is 0.129. The van der Waals surface area contributed by atoms with Crippen molar-refractivity contribution in [3.63, 3.8) is 0 Å². The van der Waals surface area contributed by atoms with Crippen LogP contribution in [0.1, 0.15) is 30.0 Å². The van der Waals surface area contributed by atoms with E-state index in [9.17, 15) is 4.79 Å². The summed E-state index contributed by atoms with van der Waals surface area (Å²) in [6, 6.07) is 8.19. The molecule has 1 aliphatic rings. The standard InChI is InChI=1S/C13H14N2O/c14-13(16)10-6-3-5-9-8-4-1-2-7-11(8)15-12(9)10/h1-2,4,7,10,15H,3,5-6H2,(H2,14,16)/t10-/m0/s1. The fraction of sp³-hybridized carbons (Fsp3) is 0.308. The van der Waals surface area contributed by atoms with Gasteiger partial charge >= 0.3 is 0 Å². The number of H-pyrrole nitrogens is 1. The maximum Gasteiger partial charge on any atom is 0.226 e. The molecule has 0 saturated carbocycles. The second-order valence-corrected chi connectivity index (χ2v) is 4.41. The average molecular weight is 214 g/mol. The molecule has 1 atom stereocenters. The summed E-state index contributed by atoms with van der Waals surface area (Å²) in [5, 5.41) is 1.24. The van der Waals surface area contributed by atoms with Gasteiger partial charge in [0.1, 0.15) is 0 Å². The summed E-state index contributed by atoms with van der Waals surface area (Å²) in [5.74, 6) is -0.344. The largest absolute Gasteiger partial charge is 0.369 e. The Bertz CT molecular complexity index is 556. The first-order valence-electron chi connectivity index (χ1n) is 5.66. The zero-order chi connectivity index (χ0) is 11.1. The molecule has 3 heteroatoms. The summed E-state index contributed by atoms with van der Waals surface area (Å²) in [7, 11) is 0. The van der Waals surface area contributed by atoms with Gasteiger partial charge in [-0.3, -0.25) is 4.79 Å². The van der Waals surface area contributed by atoms with E-state index >= 15 is 0 Å². The van der Waals surface area contributed by atoms with Crippen molar-refractivity contribution in [1.29, 1.82) is 0 Å². The Hall–Kier alpha value is -1.77. The number of aromatic nitrogens is 1. The molecule has 3 nitrogen and oxygen atoms in total. The molecule has 0 bridgehead atoms. The average Bonchev–Trinajstić information content (AvgIpc) is 2.67. The van der Waals surface area contributed by atoms with Crippen molar-refractivity contribution in [2.24, 2.45) is 5.73 Å². The summed E-state index contributed by atoms with van der Waals surface area (Å²) >= 11 is 0. The van der Waals surface area contributed by atoms with Crippen molar-refractivity contribution in [1.82, 2.24) is 4.98 Å². The summed E-state index contributed by atoms with van der Waals surface area (Å²) < 4.78 is 0. The molecule has 0 fully saturated rings. The van der Waals surface area contributed by atoms with E-state index in [1.807, 2.05) is 18.2 Å². The summed E-state index contributed by atoms with van der Waals surface area (Å²) in [6.07, 6.45) is 2.96. The lowest BCUT2D eigenvalue weighted by Crippen LogP contribution is -2.24. The van der Waals surface area contributed by atoms with E-state index in [1.54, 1.807) is 0 Å². The number of aryl methyl sites for hydroxylation is 1. The fourth-order valence-corrected chi connectivity index (χ4v) is 2.70. The molecule has 1 aliphatic carbocycles. The van der Waals surface area contributed by atoms with Crippen LogP contribution in [-0.4, -0.2) is 10.9 Å². The minimum Gasteiger partial charge on any atom is -0.369 e. The molecule has 0 radical (unpaired) electrons. The van der Waals surface area contributed by atoms with Crippen LogP contribution in [0.4, 0.5) is 0 Å². The third-order valence-corrected chi connectivity index (χ3v) is 3.46. The van der Waals surface area contributed by atoms with Gasteiger partial charge in [0.05, 0.1) is 5.92 Å². The number of para-hydroxylation sites is 1. The Morgan fingerprint density at radius 3 is 3.00 bits per heavy atom. The van der Waals surface area contributed by atoms with Crippen molar-refractivity contribution in [3.8, 4) is 0 Å². The van der Waals surface area contributed by atoms with Gasteiger partial charge < -0.3 is 10.7 Å². The normalized spacial score (nSPS) is 19.6. The molecule has 82 valence electrons. The van der Waals surface area contributed by atoms with Gasteiger partial charge in [-0.15, -0.1) is 0 Å². The van der Waals surface area contributed by atoms with Gasteiger partial charge in [0.2, 0.25) is 5.91 Å². The first kappa shape index (κ1) is 9.46. The number of hydrogen-bond donors (Lipinski definition) is 2. The molecule has 1 aromatic heterocycles. The lowest BCUT2D eigenvalue weighted by atomic mass is 9.86. The summed E-state index contributed by atoms with van der Waals surface area (Å²) in [4.78, 5) is 14.7. The number of amides is 1. The van der Waals surface area contributed by atoms with E-state index in [-0.39, 0.29) is 11.8 Å². The predicted octanol–water partition coefficient (Wildman–Crippen LogP) is 2.07. The number of benzene rings is 1. The Morgan fingerprint density at radius 1 is 1.38 bits per heavy atom. The SMILES string of the molecule is NC(=O)[C@H]1CCCc2c1[nH]c1ccccc21. The third kappa shape index (κ3) is 1.24. The van der Waals surface area contributed by atoms with Gasteiger partial charge in [-0.25, -0.2) is 0 Å². The van der Waals surface area contributed by atoms with E-state index in [2.05, 4.69) is 11.1 Å². The van der Waals surface area contributed by atoms with Crippen LogP contribution in [-0.2, 0) is 11.2 Å². The van der Waals surface area contributed by atoms with Gasteiger partial charge in [0.15, 0.2) is 0 Å². The molecule has 16 heavy (non-hydrogen) atoms. The number of aromatic amines is 1. The first-order valence-corrected chi connectivity index (χ1v) is 5.66. The molecule has 0 aliphatic heterocycles. The number of rotatable bonds is 1. The van der Waals surface area contributed by atoms with Crippen LogP contribution in [0.25, 0.3) is 10.9 Å². The zero-order valence-electron chi connectivity index (χ0n) is 8.99. The van der Waals surface area contributed by atoms with Crippen molar-refractivity contribution in [2.45, 2.75) is 25.2 Å². The van der Waals surface area contributed by atoms with Crippen LogP contribution < -0.4 is 5.73 Å². The number of fused-ring (bicyclic) bond motifs is 3. The number of carbonyl (C=O) groups excluding carboxylic acids is 1. The molecule has 3 rings (SSSR count). The van der Waals surface area contributed by atoms with E-state index < -0.39 is 0 Å². The smallest absolute Gasteiger partial charge is 0.226 e. The highest BCUT2D eigenvalue weighted by Crippen LogP contribution is 2.35. The topological polar surface area (TPSA) is 58.9 Å². The molecule has 1 aromatic carbocycles. The molecule has 0 unspecified atom stereocenters. The van der Waals surface area contributed by atoms with Crippen molar-refractivity contribution in [2.75, 3.05) is 0 Å². The summed E-state index contributed by atoms with van der Waals surface area (Å²) in [5.41, 5.74) is 8.88. The molecular formula is C13H14N2O. The number of hydrogen-bond acceptors (Lipinski definition) is 1. The van der Waals surface area contributed by atoms with Crippen LogP contribution in [0.3, 0.4) is 0 Å². The molecule has 3 N–H and O–H groups in total. The van der Waals surface area contributed by atoms with Gasteiger partial charge in [0.25, 0.3) is 0 Å². The van der Waals surface area contributed by atoms with Crippen molar-refractivity contribution < 1.29 is 4.79 Å². The third-order valence-electron chi connectivity index (χ3n) is 3.46. The second kappa shape index (κ2) is 3.37. The highest BCUT2D eigenvalue weighted by molar-refractivity contribution is 5.89. The zero-order valence-corrected chi connectivity index (χ0v) is 8.99. The highest BCUT2D eigenvalue weighted by atomic mass is 16.1.